The average Bonchev–Trinajstić information content (AvgIpc) is 2.24. The number of rotatable bonds is 6. The molecule has 0 aromatic heterocycles. The molecule has 0 bridgehead atoms. The summed E-state index contributed by atoms with van der Waals surface area (Å²) in [5, 5.41) is 3.23. The van der Waals surface area contributed by atoms with Crippen molar-refractivity contribution in [1.29, 1.82) is 0 Å². The van der Waals surface area contributed by atoms with E-state index in [1.54, 1.807) is 6.07 Å². The molecule has 0 radical (unpaired) electrons. The van der Waals surface area contributed by atoms with Gasteiger partial charge in [0, 0.05) is 6.04 Å². The maximum absolute atomic E-state index is 13.5. The molecule has 0 heterocycles. The minimum absolute atomic E-state index is 0.159. The zero-order valence-electron chi connectivity index (χ0n) is 10.5. The molecule has 1 aromatic carbocycles. The monoisotopic (exact) mass is 223 g/mol. The summed E-state index contributed by atoms with van der Waals surface area (Å²) < 4.78 is 13.5. The molecule has 0 aliphatic heterocycles. The molecular weight excluding hydrogens is 201 g/mol. The van der Waals surface area contributed by atoms with Crippen LogP contribution >= 0.6 is 0 Å². The second kappa shape index (κ2) is 6.51. The van der Waals surface area contributed by atoms with Crippen molar-refractivity contribution < 1.29 is 4.39 Å². The summed E-state index contributed by atoms with van der Waals surface area (Å²) in [6, 6.07) is 5.52. The summed E-state index contributed by atoms with van der Waals surface area (Å²) in [6.07, 6.45) is 4.78. The molecule has 0 amide bonds. The maximum atomic E-state index is 13.5. The fourth-order valence-electron chi connectivity index (χ4n) is 1.79. The van der Waals surface area contributed by atoms with Crippen LogP contribution in [-0.2, 0) is 0 Å². The van der Waals surface area contributed by atoms with E-state index in [-0.39, 0.29) is 5.82 Å². The predicted octanol–water partition coefficient (Wildman–Crippen LogP) is 4.51. The lowest BCUT2D eigenvalue weighted by Gasteiger charge is -2.16. The Hall–Kier alpha value is -1.05. The number of hydrogen-bond donors (Lipinski definition) is 1. The van der Waals surface area contributed by atoms with Crippen LogP contribution in [0.1, 0.15) is 45.1 Å². The second-order valence-corrected chi connectivity index (χ2v) is 4.52. The van der Waals surface area contributed by atoms with Gasteiger partial charge in [0.15, 0.2) is 0 Å². The average molecular weight is 223 g/mol. The van der Waals surface area contributed by atoms with Gasteiger partial charge in [-0.15, -0.1) is 0 Å². The van der Waals surface area contributed by atoms with Gasteiger partial charge in [-0.3, -0.25) is 0 Å². The van der Waals surface area contributed by atoms with E-state index < -0.39 is 0 Å². The number of hydrogen-bond acceptors (Lipinski definition) is 1. The van der Waals surface area contributed by atoms with E-state index in [1.807, 2.05) is 13.0 Å². The molecule has 0 spiro atoms. The zero-order chi connectivity index (χ0) is 12.0. The van der Waals surface area contributed by atoms with E-state index in [0.29, 0.717) is 11.7 Å². The van der Waals surface area contributed by atoms with Gasteiger partial charge in [0.1, 0.15) is 5.82 Å². The van der Waals surface area contributed by atoms with E-state index in [2.05, 4.69) is 19.2 Å². The maximum Gasteiger partial charge on any atom is 0.146 e. The van der Waals surface area contributed by atoms with Crippen molar-refractivity contribution >= 4 is 5.69 Å². The lowest BCUT2D eigenvalue weighted by atomic mass is 10.1. The van der Waals surface area contributed by atoms with Crippen LogP contribution in [0.3, 0.4) is 0 Å². The Kier molecular flexibility index (Phi) is 5.30. The van der Waals surface area contributed by atoms with Crippen molar-refractivity contribution in [3.05, 3.63) is 29.6 Å². The standard InChI is InChI=1S/C14H22FN/c1-4-5-6-7-12(3)16-14-10-11(2)8-9-13(14)15/h8-10,12,16H,4-7H2,1-3H3. The second-order valence-electron chi connectivity index (χ2n) is 4.52. The first-order valence-corrected chi connectivity index (χ1v) is 6.16. The van der Waals surface area contributed by atoms with Crippen molar-refractivity contribution in [2.45, 2.75) is 52.5 Å². The van der Waals surface area contributed by atoms with Crippen molar-refractivity contribution in [3.63, 3.8) is 0 Å². The van der Waals surface area contributed by atoms with Gasteiger partial charge in [0.25, 0.3) is 0 Å². The van der Waals surface area contributed by atoms with E-state index in [9.17, 15) is 4.39 Å². The zero-order valence-corrected chi connectivity index (χ0v) is 10.5. The highest BCUT2D eigenvalue weighted by Gasteiger charge is 2.06. The lowest BCUT2D eigenvalue weighted by Crippen LogP contribution is -2.15. The molecular formula is C14H22FN. The molecule has 1 aromatic rings. The van der Waals surface area contributed by atoms with Gasteiger partial charge in [-0.2, -0.15) is 0 Å². The van der Waals surface area contributed by atoms with Gasteiger partial charge in [0.2, 0.25) is 0 Å². The predicted molar refractivity (Wildman–Crippen MR) is 68.4 cm³/mol. The molecule has 0 saturated carbocycles. The van der Waals surface area contributed by atoms with Crippen LogP contribution in [0, 0.1) is 12.7 Å². The third-order valence-electron chi connectivity index (χ3n) is 2.76. The SMILES string of the molecule is CCCCCC(C)Nc1cc(C)ccc1F. The third-order valence-corrected chi connectivity index (χ3v) is 2.76. The minimum Gasteiger partial charge on any atom is -0.380 e. The number of benzene rings is 1. The molecule has 16 heavy (non-hydrogen) atoms. The minimum atomic E-state index is -0.159. The molecule has 1 rings (SSSR count). The summed E-state index contributed by atoms with van der Waals surface area (Å²) in [4.78, 5) is 0. The van der Waals surface area contributed by atoms with Crippen molar-refractivity contribution in [2.24, 2.45) is 0 Å². The number of nitrogens with one attached hydrogen (secondary N) is 1. The Balaban J connectivity index is 2.48. The van der Waals surface area contributed by atoms with E-state index >= 15 is 0 Å². The van der Waals surface area contributed by atoms with Gasteiger partial charge < -0.3 is 5.32 Å². The largest absolute Gasteiger partial charge is 0.380 e. The van der Waals surface area contributed by atoms with E-state index in [0.717, 1.165) is 12.0 Å². The van der Waals surface area contributed by atoms with Crippen molar-refractivity contribution in [3.8, 4) is 0 Å². The third kappa shape index (κ3) is 4.21. The molecule has 90 valence electrons. The first kappa shape index (κ1) is 13.0. The molecule has 0 aliphatic carbocycles. The summed E-state index contributed by atoms with van der Waals surface area (Å²) in [5.41, 5.74) is 1.72. The number of anilines is 1. The van der Waals surface area contributed by atoms with E-state index in [1.165, 1.54) is 25.3 Å². The fourth-order valence-corrected chi connectivity index (χ4v) is 1.79. The topological polar surface area (TPSA) is 12.0 Å². The van der Waals surface area contributed by atoms with Crippen LogP contribution < -0.4 is 5.32 Å². The highest BCUT2D eigenvalue weighted by molar-refractivity contribution is 5.47. The Labute approximate surface area is 98.1 Å². The molecule has 1 N–H and O–H groups in total. The van der Waals surface area contributed by atoms with Crippen LogP contribution in [0.15, 0.2) is 18.2 Å². The van der Waals surface area contributed by atoms with Gasteiger partial charge in [-0.05, 0) is 38.0 Å². The number of unbranched alkanes of at least 4 members (excludes halogenated alkanes) is 2. The quantitative estimate of drug-likeness (QED) is 0.699. The molecule has 1 atom stereocenters. The first-order chi connectivity index (χ1) is 7.63. The van der Waals surface area contributed by atoms with Gasteiger partial charge in [-0.1, -0.05) is 32.3 Å². The van der Waals surface area contributed by atoms with Crippen LogP contribution in [-0.4, -0.2) is 6.04 Å². The van der Waals surface area contributed by atoms with Crippen LogP contribution in [0.4, 0.5) is 10.1 Å². The highest BCUT2D eigenvalue weighted by atomic mass is 19.1. The highest BCUT2D eigenvalue weighted by Crippen LogP contribution is 2.18. The molecule has 0 fully saturated rings. The number of aryl methyl sites for hydroxylation is 1. The van der Waals surface area contributed by atoms with Crippen LogP contribution in [0.25, 0.3) is 0 Å². The van der Waals surface area contributed by atoms with E-state index in [4.69, 9.17) is 0 Å². The van der Waals surface area contributed by atoms with Crippen molar-refractivity contribution in [1.82, 2.24) is 0 Å². The Morgan fingerprint density at radius 1 is 1.31 bits per heavy atom. The van der Waals surface area contributed by atoms with Gasteiger partial charge in [-0.25, -0.2) is 4.39 Å². The smallest absolute Gasteiger partial charge is 0.146 e. The summed E-state index contributed by atoms with van der Waals surface area (Å²) in [7, 11) is 0. The Morgan fingerprint density at radius 2 is 2.06 bits per heavy atom. The van der Waals surface area contributed by atoms with Crippen LogP contribution in [0.5, 0.6) is 0 Å². The summed E-state index contributed by atoms with van der Waals surface area (Å²) in [6.45, 7) is 6.28. The Morgan fingerprint density at radius 3 is 2.75 bits per heavy atom. The van der Waals surface area contributed by atoms with Crippen LogP contribution in [0.2, 0.25) is 0 Å². The fraction of sp³-hybridized carbons (Fsp3) is 0.571. The first-order valence-electron chi connectivity index (χ1n) is 6.16. The molecule has 1 nitrogen and oxygen atoms in total. The molecule has 1 unspecified atom stereocenters. The summed E-state index contributed by atoms with van der Waals surface area (Å²) in [5.74, 6) is -0.159. The lowest BCUT2D eigenvalue weighted by molar-refractivity contribution is 0.599. The van der Waals surface area contributed by atoms with Gasteiger partial charge in [0.05, 0.1) is 5.69 Å². The van der Waals surface area contributed by atoms with Gasteiger partial charge >= 0.3 is 0 Å². The molecule has 0 aliphatic rings. The Bertz CT molecular complexity index is 323. The number of halogens is 1. The summed E-state index contributed by atoms with van der Waals surface area (Å²) >= 11 is 0. The molecule has 2 heteroatoms. The van der Waals surface area contributed by atoms with Crippen molar-refractivity contribution in [2.75, 3.05) is 5.32 Å². The normalized spacial score (nSPS) is 12.5. The molecule has 0 saturated heterocycles.